The molecule has 0 aromatic heterocycles. The van der Waals surface area contributed by atoms with Gasteiger partial charge in [0.2, 0.25) is 0 Å². The lowest BCUT2D eigenvalue weighted by Crippen LogP contribution is -2.05. The Morgan fingerprint density at radius 1 is 1.40 bits per heavy atom. The van der Waals surface area contributed by atoms with Crippen molar-refractivity contribution in [3.8, 4) is 0 Å². The first-order chi connectivity index (χ1) is 4.88. The maximum atomic E-state index is 3.18. The molecule has 0 fully saturated rings. The van der Waals surface area contributed by atoms with Gasteiger partial charge in [0.1, 0.15) is 0 Å². The zero-order chi connectivity index (χ0) is 7.40. The lowest BCUT2D eigenvalue weighted by Gasteiger charge is -2.17. The van der Waals surface area contributed by atoms with E-state index in [1.165, 1.54) is 31.4 Å². The van der Waals surface area contributed by atoms with Crippen molar-refractivity contribution in [1.82, 2.24) is 5.09 Å². The molecule has 0 bridgehead atoms. The molecular formula is C7H14NPS. The van der Waals surface area contributed by atoms with Crippen LogP contribution in [0.15, 0.2) is 10.6 Å². The van der Waals surface area contributed by atoms with Crippen LogP contribution in [0, 0.1) is 0 Å². The highest BCUT2D eigenvalue weighted by molar-refractivity contribution is 8.02. The molecule has 0 saturated carbocycles. The van der Waals surface area contributed by atoms with Crippen LogP contribution in [0.4, 0.5) is 0 Å². The number of hydrogen-bond donors (Lipinski definition) is 1. The third-order valence-corrected chi connectivity index (χ3v) is 3.13. The van der Waals surface area contributed by atoms with Crippen LogP contribution >= 0.6 is 21.2 Å². The quantitative estimate of drug-likeness (QED) is 0.647. The first kappa shape index (κ1) is 8.42. The van der Waals surface area contributed by atoms with Crippen LogP contribution in [0.5, 0.6) is 0 Å². The Hall–Kier alpha value is 0.320. The lowest BCUT2D eigenvalue weighted by atomic mass is 10.1. The molecule has 1 atom stereocenters. The monoisotopic (exact) mass is 175 g/mol. The molecule has 0 aliphatic heterocycles. The van der Waals surface area contributed by atoms with E-state index < -0.39 is 0 Å². The van der Waals surface area contributed by atoms with Crippen molar-refractivity contribution >= 4 is 21.2 Å². The molecule has 1 rings (SSSR count). The number of hydrogen-bond acceptors (Lipinski definition) is 2. The second-order valence-corrected chi connectivity index (χ2v) is 3.65. The van der Waals surface area contributed by atoms with E-state index in [0.29, 0.717) is 0 Å². The molecular weight excluding hydrogens is 161 g/mol. The second-order valence-electron chi connectivity index (χ2n) is 2.46. The average molecular weight is 175 g/mol. The predicted octanol–water partition coefficient (Wildman–Crippen LogP) is 2.51. The third kappa shape index (κ3) is 1.90. The van der Waals surface area contributed by atoms with Crippen molar-refractivity contribution in [3.05, 3.63) is 10.6 Å². The van der Waals surface area contributed by atoms with Crippen molar-refractivity contribution in [2.75, 3.05) is 6.26 Å². The SMILES string of the molecule is CSC1=C(NP)CCCC1. The fraction of sp³-hybridized carbons (Fsp3) is 0.714. The summed E-state index contributed by atoms with van der Waals surface area (Å²) in [6, 6.07) is 0. The summed E-state index contributed by atoms with van der Waals surface area (Å²) in [7, 11) is 2.58. The number of rotatable bonds is 2. The van der Waals surface area contributed by atoms with E-state index >= 15 is 0 Å². The van der Waals surface area contributed by atoms with Crippen LogP contribution in [0.1, 0.15) is 25.7 Å². The van der Waals surface area contributed by atoms with Gasteiger partial charge in [-0.1, -0.05) is 0 Å². The van der Waals surface area contributed by atoms with Gasteiger partial charge in [-0.15, -0.1) is 11.8 Å². The molecule has 0 saturated heterocycles. The molecule has 0 aromatic carbocycles. The van der Waals surface area contributed by atoms with Crippen LogP contribution in [-0.4, -0.2) is 6.26 Å². The molecule has 1 N–H and O–H groups in total. The summed E-state index contributed by atoms with van der Waals surface area (Å²) in [5.74, 6) is 0. The van der Waals surface area contributed by atoms with E-state index in [9.17, 15) is 0 Å². The summed E-state index contributed by atoms with van der Waals surface area (Å²) >= 11 is 1.88. The van der Waals surface area contributed by atoms with E-state index in [2.05, 4.69) is 20.7 Å². The normalized spacial score (nSPS) is 19.4. The summed E-state index contributed by atoms with van der Waals surface area (Å²) in [6.07, 6.45) is 7.38. The molecule has 0 spiro atoms. The molecule has 1 aliphatic carbocycles. The molecule has 0 amide bonds. The van der Waals surface area contributed by atoms with E-state index in [1.807, 2.05) is 11.8 Å². The maximum absolute atomic E-state index is 3.18. The van der Waals surface area contributed by atoms with Gasteiger partial charge in [-0.2, -0.15) is 0 Å². The number of thioether (sulfide) groups is 1. The van der Waals surface area contributed by atoms with E-state index in [1.54, 1.807) is 4.91 Å². The fourth-order valence-electron chi connectivity index (χ4n) is 1.26. The first-order valence-corrected chi connectivity index (χ1v) is 5.41. The predicted molar refractivity (Wildman–Crippen MR) is 51.9 cm³/mol. The molecule has 0 aromatic rings. The standard InChI is InChI=1S/C7H14NPS/c1-10-7-5-3-2-4-6(7)8-9/h8H,2-5,9H2,1H3. The summed E-state index contributed by atoms with van der Waals surface area (Å²) in [5.41, 5.74) is 1.43. The Morgan fingerprint density at radius 2 is 2.10 bits per heavy atom. The van der Waals surface area contributed by atoms with Gasteiger partial charge in [0.25, 0.3) is 0 Å². The molecule has 1 unspecified atom stereocenters. The summed E-state index contributed by atoms with van der Waals surface area (Å²) in [4.78, 5) is 1.54. The average Bonchev–Trinajstić information content (AvgIpc) is 2.04. The van der Waals surface area contributed by atoms with Gasteiger partial charge >= 0.3 is 0 Å². The molecule has 0 heterocycles. The Balaban J connectivity index is 2.63. The van der Waals surface area contributed by atoms with Gasteiger partial charge < -0.3 is 5.09 Å². The number of allylic oxidation sites excluding steroid dienone is 2. The Morgan fingerprint density at radius 3 is 2.60 bits per heavy atom. The van der Waals surface area contributed by atoms with Crippen molar-refractivity contribution < 1.29 is 0 Å². The van der Waals surface area contributed by atoms with Crippen molar-refractivity contribution in [2.24, 2.45) is 0 Å². The minimum atomic E-state index is 1.24. The topological polar surface area (TPSA) is 12.0 Å². The molecule has 10 heavy (non-hydrogen) atoms. The zero-order valence-electron chi connectivity index (χ0n) is 6.31. The first-order valence-electron chi connectivity index (χ1n) is 3.61. The van der Waals surface area contributed by atoms with Crippen LogP contribution < -0.4 is 5.09 Å². The smallest absolute Gasteiger partial charge is 0.0232 e. The second kappa shape index (κ2) is 4.25. The van der Waals surface area contributed by atoms with Crippen LogP contribution in [-0.2, 0) is 0 Å². The van der Waals surface area contributed by atoms with E-state index in [4.69, 9.17) is 0 Å². The Labute approximate surface area is 69.3 Å². The van der Waals surface area contributed by atoms with Crippen molar-refractivity contribution in [1.29, 1.82) is 0 Å². The van der Waals surface area contributed by atoms with Gasteiger partial charge in [-0.25, -0.2) is 0 Å². The third-order valence-electron chi connectivity index (χ3n) is 1.84. The summed E-state index contributed by atoms with van der Waals surface area (Å²) in [6.45, 7) is 0. The van der Waals surface area contributed by atoms with Crippen LogP contribution in [0.2, 0.25) is 0 Å². The van der Waals surface area contributed by atoms with Crippen LogP contribution in [0.3, 0.4) is 0 Å². The molecule has 1 nitrogen and oxygen atoms in total. The minimum absolute atomic E-state index is 1.24. The lowest BCUT2D eigenvalue weighted by molar-refractivity contribution is 0.680. The minimum Gasteiger partial charge on any atom is -0.372 e. The fourth-order valence-corrected chi connectivity index (χ4v) is 2.43. The number of nitrogens with one attached hydrogen (secondary N) is 1. The molecule has 58 valence electrons. The van der Waals surface area contributed by atoms with Gasteiger partial charge in [-0.3, -0.25) is 0 Å². The van der Waals surface area contributed by atoms with Gasteiger partial charge in [0.05, 0.1) is 0 Å². The summed E-state index contributed by atoms with van der Waals surface area (Å²) < 4.78 is 0. The Bertz CT molecular complexity index is 129. The van der Waals surface area contributed by atoms with Crippen molar-refractivity contribution in [3.63, 3.8) is 0 Å². The highest BCUT2D eigenvalue weighted by Crippen LogP contribution is 2.30. The zero-order valence-corrected chi connectivity index (χ0v) is 8.29. The highest BCUT2D eigenvalue weighted by atomic mass is 32.2. The van der Waals surface area contributed by atoms with E-state index in [0.717, 1.165) is 0 Å². The molecule has 1 aliphatic rings. The van der Waals surface area contributed by atoms with E-state index in [-0.39, 0.29) is 0 Å². The van der Waals surface area contributed by atoms with Gasteiger partial charge in [0.15, 0.2) is 0 Å². The largest absolute Gasteiger partial charge is 0.372 e. The van der Waals surface area contributed by atoms with Crippen LogP contribution in [0.25, 0.3) is 0 Å². The maximum Gasteiger partial charge on any atom is 0.0232 e. The Kier molecular flexibility index (Phi) is 3.58. The van der Waals surface area contributed by atoms with Gasteiger partial charge in [0, 0.05) is 10.6 Å². The summed E-state index contributed by atoms with van der Waals surface area (Å²) in [5, 5.41) is 3.18. The highest BCUT2D eigenvalue weighted by Gasteiger charge is 2.09. The van der Waals surface area contributed by atoms with Crippen molar-refractivity contribution in [2.45, 2.75) is 25.7 Å². The van der Waals surface area contributed by atoms with Gasteiger partial charge in [-0.05, 0) is 41.3 Å². The molecule has 3 heteroatoms. The molecule has 0 radical (unpaired) electrons.